The second kappa shape index (κ2) is 5.56. The van der Waals surface area contributed by atoms with Crippen LogP contribution in [0, 0.1) is 0 Å². The van der Waals surface area contributed by atoms with Crippen LogP contribution >= 0.6 is 0 Å². The zero-order valence-corrected chi connectivity index (χ0v) is 8.43. The summed E-state index contributed by atoms with van der Waals surface area (Å²) in [5.41, 5.74) is 10.3. The summed E-state index contributed by atoms with van der Waals surface area (Å²) in [7, 11) is 1.52. The van der Waals surface area contributed by atoms with Gasteiger partial charge in [-0.25, -0.2) is 0 Å². The van der Waals surface area contributed by atoms with Crippen molar-refractivity contribution in [2.75, 3.05) is 13.7 Å². The molecule has 0 aliphatic heterocycles. The summed E-state index contributed by atoms with van der Waals surface area (Å²) in [6.07, 6.45) is -0.179. The summed E-state index contributed by atoms with van der Waals surface area (Å²) in [6.45, 7) is 1.53. The van der Waals surface area contributed by atoms with Gasteiger partial charge in [-0.3, -0.25) is 9.59 Å². The molecule has 82 valence electrons. The molecule has 0 spiro atoms. The van der Waals surface area contributed by atoms with E-state index in [0.29, 0.717) is 0 Å². The Labute approximate surface area is 82.9 Å². The van der Waals surface area contributed by atoms with Gasteiger partial charge in [-0.15, -0.1) is 0 Å². The van der Waals surface area contributed by atoms with Gasteiger partial charge in [0.2, 0.25) is 11.8 Å². The van der Waals surface area contributed by atoms with Crippen LogP contribution in [0.5, 0.6) is 0 Å². The normalized spacial score (nSPS) is 14.6. The van der Waals surface area contributed by atoms with Gasteiger partial charge in [-0.1, -0.05) is 0 Å². The van der Waals surface area contributed by atoms with Crippen LogP contribution in [-0.2, 0) is 9.59 Å². The molecular formula is C8H17N3O3. The first-order chi connectivity index (χ1) is 6.40. The summed E-state index contributed by atoms with van der Waals surface area (Å²) in [5.74, 6) is -1.01. The van der Waals surface area contributed by atoms with E-state index in [1.165, 1.54) is 11.9 Å². The van der Waals surface area contributed by atoms with Crippen LogP contribution in [0.25, 0.3) is 0 Å². The lowest BCUT2D eigenvalue weighted by molar-refractivity contribution is -0.135. The predicted octanol–water partition coefficient (Wildman–Crippen LogP) is -1.97. The summed E-state index contributed by atoms with van der Waals surface area (Å²) in [4.78, 5) is 23.3. The molecule has 2 atom stereocenters. The van der Waals surface area contributed by atoms with Gasteiger partial charge in [0, 0.05) is 7.05 Å². The summed E-state index contributed by atoms with van der Waals surface area (Å²) < 4.78 is 0. The van der Waals surface area contributed by atoms with Gasteiger partial charge >= 0.3 is 0 Å². The topological polar surface area (TPSA) is 110 Å². The molecule has 0 fully saturated rings. The van der Waals surface area contributed by atoms with Crippen LogP contribution in [0.15, 0.2) is 0 Å². The Morgan fingerprint density at radius 2 is 2.00 bits per heavy atom. The van der Waals surface area contributed by atoms with Crippen LogP contribution in [0.4, 0.5) is 0 Å². The summed E-state index contributed by atoms with van der Waals surface area (Å²) in [5, 5.41) is 8.79. The fourth-order valence-corrected chi connectivity index (χ4v) is 0.905. The van der Waals surface area contributed by atoms with Crippen molar-refractivity contribution in [1.82, 2.24) is 4.90 Å². The van der Waals surface area contributed by atoms with Crippen LogP contribution < -0.4 is 11.5 Å². The van der Waals surface area contributed by atoms with E-state index in [1.807, 2.05) is 0 Å². The van der Waals surface area contributed by atoms with Crippen molar-refractivity contribution in [3.05, 3.63) is 0 Å². The zero-order chi connectivity index (χ0) is 11.3. The number of carbonyl (C=O) groups is 2. The summed E-state index contributed by atoms with van der Waals surface area (Å²) >= 11 is 0. The van der Waals surface area contributed by atoms with E-state index in [1.54, 1.807) is 6.92 Å². The minimum atomic E-state index is -0.925. The van der Waals surface area contributed by atoms with E-state index < -0.39 is 17.9 Å². The van der Waals surface area contributed by atoms with E-state index in [9.17, 15) is 9.59 Å². The van der Waals surface area contributed by atoms with Gasteiger partial charge in [-0.05, 0) is 6.92 Å². The number of aliphatic hydroxyl groups is 1. The molecule has 0 aromatic heterocycles. The van der Waals surface area contributed by atoms with Crippen molar-refractivity contribution in [1.29, 1.82) is 0 Å². The maximum absolute atomic E-state index is 11.5. The van der Waals surface area contributed by atoms with Gasteiger partial charge in [0.1, 0.15) is 0 Å². The highest BCUT2D eigenvalue weighted by molar-refractivity contribution is 5.87. The molecule has 14 heavy (non-hydrogen) atoms. The highest BCUT2D eigenvalue weighted by Gasteiger charge is 2.22. The lowest BCUT2D eigenvalue weighted by Gasteiger charge is -2.25. The molecule has 0 rings (SSSR count). The molecule has 0 aliphatic carbocycles. The first-order valence-electron chi connectivity index (χ1n) is 4.31. The molecule has 5 N–H and O–H groups in total. The van der Waals surface area contributed by atoms with E-state index in [0.717, 1.165) is 0 Å². The molecule has 0 aromatic carbocycles. The third kappa shape index (κ3) is 3.71. The van der Waals surface area contributed by atoms with Crippen molar-refractivity contribution < 1.29 is 14.7 Å². The van der Waals surface area contributed by atoms with Crippen molar-refractivity contribution in [2.45, 2.75) is 25.4 Å². The first-order valence-corrected chi connectivity index (χ1v) is 4.31. The smallest absolute Gasteiger partial charge is 0.240 e. The van der Waals surface area contributed by atoms with E-state index in [-0.39, 0.29) is 19.1 Å². The number of aliphatic hydroxyl groups excluding tert-OH is 1. The maximum Gasteiger partial charge on any atom is 0.240 e. The predicted molar refractivity (Wildman–Crippen MR) is 51.1 cm³/mol. The fraction of sp³-hybridized carbons (Fsp3) is 0.750. The molecule has 2 unspecified atom stereocenters. The third-order valence-corrected chi connectivity index (χ3v) is 2.01. The summed E-state index contributed by atoms with van der Waals surface area (Å²) in [6, 6.07) is -1.24. The van der Waals surface area contributed by atoms with Crippen LogP contribution in [0.2, 0.25) is 0 Å². The zero-order valence-electron chi connectivity index (χ0n) is 8.43. The second-order valence-electron chi connectivity index (χ2n) is 3.26. The van der Waals surface area contributed by atoms with E-state index in [4.69, 9.17) is 16.6 Å². The molecule has 0 saturated heterocycles. The minimum absolute atomic E-state index is 0.147. The molecular weight excluding hydrogens is 186 g/mol. The molecule has 0 radical (unpaired) electrons. The second-order valence-corrected chi connectivity index (χ2v) is 3.26. The first kappa shape index (κ1) is 12.9. The van der Waals surface area contributed by atoms with Gasteiger partial charge < -0.3 is 21.5 Å². The van der Waals surface area contributed by atoms with Gasteiger partial charge in [-0.2, -0.15) is 0 Å². The maximum atomic E-state index is 11.5. The van der Waals surface area contributed by atoms with Crippen molar-refractivity contribution in [3.63, 3.8) is 0 Å². The molecule has 0 heterocycles. The van der Waals surface area contributed by atoms with Crippen LogP contribution in [0.1, 0.15) is 13.3 Å². The standard InChI is InChI=1S/C8H17N3O3/c1-5(4-12)11(2)8(14)6(9)3-7(10)13/h5-6,12H,3-4,9H2,1-2H3,(H2,10,13). The molecule has 0 aromatic rings. The SMILES string of the molecule is CC(CO)N(C)C(=O)C(N)CC(N)=O. The van der Waals surface area contributed by atoms with Crippen molar-refractivity contribution in [2.24, 2.45) is 11.5 Å². The number of nitrogens with two attached hydrogens (primary N) is 2. The molecule has 6 nitrogen and oxygen atoms in total. The Hall–Kier alpha value is -1.14. The number of rotatable bonds is 5. The number of likely N-dealkylation sites (N-methyl/N-ethyl adjacent to an activating group) is 1. The Balaban J connectivity index is 4.23. The Kier molecular flexibility index (Phi) is 5.11. The molecule has 0 saturated carbocycles. The van der Waals surface area contributed by atoms with E-state index in [2.05, 4.69) is 0 Å². The average Bonchev–Trinajstić information content (AvgIpc) is 2.13. The van der Waals surface area contributed by atoms with Gasteiger partial charge in [0.05, 0.1) is 25.1 Å². The highest BCUT2D eigenvalue weighted by atomic mass is 16.3. The molecule has 2 amide bonds. The van der Waals surface area contributed by atoms with Gasteiger partial charge in [0.25, 0.3) is 0 Å². The third-order valence-electron chi connectivity index (χ3n) is 2.01. The quantitative estimate of drug-likeness (QED) is 0.481. The average molecular weight is 203 g/mol. The number of amides is 2. The van der Waals surface area contributed by atoms with Crippen molar-refractivity contribution in [3.8, 4) is 0 Å². The highest BCUT2D eigenvalue weighted by Crippen LogP contribution is 1.99. The van der Waals surface area contributed by atoms with Gasteiger partial charge in [0.15, 0.2) is 0 Å². The number of hydrogen-bond donors (Lipinski definition) is 3. The number of carbonyl (C=O) groups excluding carboxylic acids is 2. The Morgan fingerprint density at radius 3 is 2.36 bits per heavy atom. The number of primary amides is 1. The van der Waals surface area contributed by atoms with Crippen LogP contribution in [-0.4, -0.2) is 47.6 Å². The molecule has 6 heteroatoms. The minimum Gasteiger partial charge on any atom is -0.394 e. The lowest BCUT2D eigenvalue weighted by atomic mass is 10.1. The van der Waals surface area contributed by atoms with Crippen molar-refractivity contribution >= 4 is 11.8 Å². The number of hydrogen-bond acceptors (Lipinski definition) is 4. The largest absolute Gasteiger partial charge is 0.394 e. The monoisotopic (exact) mass is 203 g/mol. The lowest BCUT2D eigenvalue weighted by Crippen LogP contribution is -2.48. The Morgan fingerprint density at radius 1 is 1.50 bits per heavy atom. The molecule has 0 bridgehead atoms. The number of nitrogens with zero attached hydrogens (tertiary/aromatic N) is 1. The van der Waals surface area contributed by atoms with E-state index >= 15 is 0 Å². The Bertz CT molecular complexity index is 220. The fourth-order valence-electron chi connectivity index (χ4n) is 0.905. The van der Waals surface area contributed by atoms with Crippen LogP contribution in [0.3, 0.4) is 0 Å². The molecule has 0 aliphatic rings.